The molecule has 30 heavy (non-hydrogen) atoms. The van der Waals surface area contributed by atoms with Crippen LogP contribution in [0.3, 0.4) is 0 Å². The summed E-state index contributed by atoms with van der Waals surface area (Å²) in [5, 5.41) is 23.0. The Morgan fingerprint density at radius 1 is 1.13 bits per heavy atom. The van der Waals surface area contributed by atoms with Gasteiger partial charge in [-0.1, -0.05) is 6.92 Å². The first-order chi connectivity index (χ1) is 14.6. The highest BCUT2D eigenvalue weighted by Gasteiger charge is 2.23. The smallest absolute Gasteiger partial charge is 0.206 e. The first kappa shape index (κ1) is 20.2. The molecule has 158 valence electrons. The summed E-state index contributed by atoms with van der Waals surface area (Å²) in [6.45, 7) is 10.7. The minimum Gasteiger partial charge on any atom is -0.491 e. The topological polar surface area (TPSA) is 96.0 Å². The summed E-state index contributed by atoms with van der Waals surface area (Å²) >= 11 is 0. The van der Waals surface area contributed by atoms with E-state index in [1.54, 1.807) is 6.20 Å². The SMILES string of the molecule is CCc1cc(-c2nn[nH]n2)c(N2CCN(Cc3cccnn3)CC2)cc1OC(C)C. The Labute approximate surface area is 176 Å². The van der Waals surface area contributed by atoms with Crippen LogP contribution in [0.5, 0.6) is 5.75 Å². The maximum Gasteiger partial charge on any atom is 0.206 e. The fourth-order valence-electron chi connectivity index (χ4n) is 3.76. The van der Waals surface area contributed by atoms with Crippen LogP contribution in [0.4, 0.5) is 5.69 Å². The van der Waals surface area contributed by atoms with Crippen molar-refractivity contribution in [3.05, 3.63) is 41.7 Å². The van der Waals surface area contributed by atoms with Crippen LogP contribution in [0, 0.1) is 0 Å². The molecule has 0 aliphatic carbocycles. The number of hydrogen-bond donors (Lipinski definition) is 1. The fraction of sp³-hybridized carbons (Fsp3) is 0.476. The molecule has 0 amide bonds. The van der Waals surface area contributed by atoms with E-state index in [1.165, 1.54) is 0 Å². The summed E-state index contributed by atoms with van der Waals surface area (Å²) in [5.74, 6) is 1.54. The average Bonchev–Trinajstić information content (AvgIpc) is 3.29. The predicted octanol–water partition coefficient (Wildman–Crippen LogP) is 2.33. The Hall–Kier alpha value is -3.07. The lowest BCUT2D eigenvalue weighted by atomic mass is 10.0. The van der Waals surface area contributed by atoms with Gasteiger partial charge < -0.3 is 9.64 Å². The van der Waals surface area contributed by atoms with Crippen molar-refractivity contribution in [2.75, 3.05) is 31.1 Å². The van der Waals surface area contributed by atoms with E-state index in [0.29, 0.717) is 5.82 Å². The monoisotopic (exact) mass is 408 g/mol. The molecule has 1 fully saturated rings. The average molecular weight is 409 g/mol. The summed E-state index contributed by atoms with van der Waals surface area (Å²) in [7, 11) is 0. The van der Waals surface area contributed by atoms with Crippen molar-refractivity contribution in [2.45, 2.75) is 39.8 Å². The zero-order valence-corrected chi connectivity index (χ0v) is 17.7. The van der Waals surface area contributed by atoms with E-state index in [4.69, 9.17) is 4.74 Å². The number of nitrogens with zero attached hydrogens (tertiary/aromatic N) is 7. The van der Waals surface area contributed by atoms with Crippen molar-refractivity contribution >= 4 is 5.69 Å². The molecule has 0 atom stereocenters. The molecule has 1 N–H and O–H groups in total. The van der Waals surface area contributed by atoms with Gasteiger partial charge in [0.2, 0.25) is 5.82 Å². The highest BCUT2D eigenvalue weighted by molar-refractivity contribution is 5.77. The molecule has 9 heteroatoms. The van der Waals surface area contributed by atoms with Crippen molar-refractivity contribution in [1.29, 1.82) is 0 Å². The first-order valence-corrected chi connectivity index (χ1v) is 10.4. The molecule has 1 aliphatic rings. The largest absolute Gasteiger partial charge is 0.491 e. The third-order valence-electron chi connectivity index (χ3n) is 5.23. The van der Waals surface area contributed by atoms with Gasteiger partial charge >= 0.3 is 0 Å². The normalized spacial score (nSPS) is 15.0. The van der Waals surface area contributed by atoms with Crippen LogP contribution in [0.2, 0.25) is 0 Å². The summed E-state index contributed by atoms with van der Waals surface area (Å²) in [5.41, 5.74) is 4.22. The molecule has 3 heterocycles. The van der Waals surface area contributed by atoms with Crippen molar-refractivity contribution in [2.24, 2.45) is 0 Å². The van der Waals surface area contributed by atoms with Crippen LogP contribution in [0.25, 0.3) is 11.4 Å². The molecular weight excluding hydrogens is 380 g/mol. The number of anilines is 1. The van der Waals surface area contributed by atoms with Crippen LogP contribution in [0.1, 0.15) is 32.0 Å². The fourth-order valence-corrected chi connectivity index (χ4v) is 3.76. The third-order valence-corrected chi connectivity index (χ3v) is 5.23. The van der Waals surface area contributed by atoms with Gasteiger partial charge in [0.05, 0.1) is 17.5 Å². The van der Waals surface area contributed by atoms with E-state index >= 15 is 0 Å². The molecule has 0 bridgehead atoms. The van der Waals surface area contributed by atoms with Crippen LogP contribution < -0.4 is 9.64 Å². The molecule has 0 spiro atoms. The lowest BCUT2D eigenvalue weighted by Gasteiger charge is -2.37. The zero-order valence-electron chi connectivity index (χ0n) is 17.7. The molecule has 3 aromatic rings. The summed E-state index contributed by atoms with van der Waals surface area (Å²) in [6.07, 6.45) is 2.69. The maximum atomic E-state index is 6.12. The Bertz CT molecular complexity index is 937. The minimum absolute atomic E-state index is 0.114. The molecule has 1 aromatic carbocycles. The summed E-state index contributed by atoms with van der Waals surface area (Å²) in [6, 6.07) is 8.24. The molecule has 2 aromatic heterocycles. The maximum absolute atomic E-state index is 6.12. The zero-order chi connectivity index (χ0) is 20.9. The predicted molar refractivity (Wildman–Crippen MR) is 114 cm³/mol. The second-order valence-electron chi connectivity index (χ2n) is 7.71. The van der Waals surface area contributed by atoms with Gasteiger partial charge in [-0.25, -0.2) is 0 Å². The van der Waals surface area contributed by atoms with Crippen molar-refractivity contribution in [1.82, 2.24) is 35.7 Å². The molecule has 1 saturated heterocycles. The highest BCUT2D eigenvalue weighted by atomic mass is 16.5. The van der Waals surface area contributed by atoms with E-state index in [1.807, 2.05) is 12.1 Å². The second-order valence-corrected chi connectivity index (χ2v) is 7.71. The molecule has 0 saturated carbocycles. The molecule has 9 nitrogen and oxygen atoms in total. The molecule has 0 radical (unpaired) electrons. The number of tetrazole rings is 1. The number of H-pyrrole nitrogens is 1. The van der Waals surface area contributed by atoms with Gasteiger partial charge in [-0.15, -0.1) is 10.2 Å². The number of rotatable bonds is 7. The Kier molecular flexibility index (Phi) is 6.18. The number of aromatic nitrogens is 6. The number of piperazine rings is 1. The van der Waals surface area contributed by atoms with Crippen LogP contribution >= 0.6 is 0 Å². The highest BCUT2D eigenvalue weighted by Crippen LogP contribution is 2.36. The van der Waals surface area contributed by atoms with Crippen LogP contribution in [-0.4, -0.2) is 68.0 Å². The van der Waals surface area contributed by atoms with E-state index in [-0.39, 0.29) is 6.10 Å². The second kappa shape index (κ2) is 9.17. The number of benzene rings is 1. The van der Waals surface area contributed by atoms with E-state index in [9.17, 15) is 0 Å². The number of ether oxygens (including phenoxy) is 1. The quantitative estimate of drug-likeness (QED) is 0.636. The number of hydrogen-bond acceptors (Lipinski definition) is 8. The first-order valence-electron chi connectivity index (χ1n) is 10.4. The lowest BCUT2D eigenvalue weighted by molar-refractivity contribution is 0.239. The molecule has 0 unspecified atom stereocenters. The molecular formula is C21H28N8O. The summed E-state index contributed by atoms with van der Waals surface area (Å²) in [4.78, 5) is 4.78. The third kappa shape index (κ3) is 4.56. The lowest BCUT2D eigenvalue weighted by Crippen LogP contribution is -2.46. The number of aryl methyl sites for hydroxylation is 1. The number of nitrogens with one attached hydrogen (secondary N) is 1. The molecule has 1 aliphatic heterocycles. The van der Waals surface area contributed by atoms with Gasteiger partial charge in [0, 0.05) is 50.6 Å². The van der Waals surface area contributed by atoms with E-state index in [0.717, 1.165) is 67.4 Å². The molecule has 4 rings (SSSR count). The van der Waals surface area contributed by atoms with Gasteiger partial charge in [-0.3, -0.25) is 4.90 Å². The van der Waals surface area contributed by atoms with E-state index < -0.39 is 0 Å². The Balaban J connectivity index is 1.58. The minimum atomic E-state index is 0.114. The van der Waals surface area contributed by atoms with Crippen LogP contribution in [0.15, 0.2) is 30.5 Å². The summed E-state index contributed by atoms with van der Waals surface area (Å²) < 4.78 is 6.12. The van der Waals surface area contributed by atoms with E-state index in [2.05, 4.69) is 73.5 Å². The van der Waals surface area contributed by atoms with Gasteiger partial charge in [-0.05, 0) is 49.2 Å². The van der Waals surface area contributed by atoms with Gasteiger partial charge in [0.1, 0.15) is 5.75 Å². The van der Waals surface area contributed by atoms with Crippen molar-refractivity contribution < 1.29 is 4.74 Å². The van der Waals surface area contributed by atoms with Crippen molar-refractivity contribution in [3.63, 3.8) is 0 Å². The Morgan fingerprint density at radius 3 is 2.60 bits per heavy atom. The number of aromatic amines is 1. The van der Waals surface area contributed by atoms with Gasteiger partial charge in [0.25, 0.3) is 0 Å². The standard InChI is InChI=1S/C21H28N8O/c1-4-16-12-18(21-24-26-27-25-21)19(13-20(16)30-15(2)3)29-10-8-28(9-11-29)14-17-6-5-7-22-23-17/h5-7,12-13,15H,4,8-11,14H2,1-3H3,(H,24,25,26,27). The van der Waals surface area contributed by atoms with Gasteiger partial charge in [-0.2, -0.15) is 15.4 Å². The van der Waals surface area contributed by atoms with Crippen molar-refractivity contribution in [3.8, 4) is 17.1 Å². The Morgan fingerprint density at radius 2 is 1.97 bits per heavy atom. The van der Waals surface area contributed by atoms with Gasteiger partial charge in [0.15, 0.2) is 0 Å². The van der Waals surface area contributed by atoms with Crippen LogP contribution in [-0.2, 0) is 13.0 Å².